The Morgan fingerprint density at radius 2 is 2.00 bits per heavy atom. The molecule has 148 valence electrons. The quantitative estimate of drug-likeness (QED) is 0.861. The monoisotopic (exact) mass is 385 g/mol. The fourth-order valence-electron chi connectivity index (χ4n) is 3.71. The molecule has 27 heavy (non-hydrogen) atoms. The van der Waals surface area contributed by atoms with Gasteiger partial charge in [0.1, 0.15) is 5.75 Å². The van der Waals surface area contributed by atoms with Crippen LogP contribution in [0.2, 0.25) is 0 Å². The van der Waals surface area contributed by atoms with Crippen molar-refractivity contribution in [2.45, 2.75) is 32.0 Å². The van der Waals surface area contributed by atoms with E-state index >= 15 is 0 Å². The first-order valence-corrected chi connectivity index (χ1v) is 8.93. The number of fused-ring (bicyclic) bond motifs is 1. The molecule has 6 nitrogen and oxygen atoms in total. The number of ether oxygens (including phenoxy) is 1. The topological polar surface area (TPSA) is 75.9 Å². The molecule has 0 unspecified atom stereocenters. The second kappa shape index (κ2) is 7.66. The van der Waals surface area contributed by atoms with Crippen molar-refractivity contribution in [1.29, 1.82) is 0 Å². The Morgan fingerprint density at radius 1 is 1.22 bits per heavy atom. The van der Waals surface area contributed by atoms with E-state index in [1.807, 2.05) is 4.90 Å². The summed E-state index contributed by atoms with van der Waals surface area (Å²) in [6, 6.07) is 4.20. The highest BCUT2D eigenvalue weighted by Crippen LogP contribution is 2.32. The van der Waals surface area contributed by atoms with Crippen molar-refractivity contribution in [2.24, 2.45) is 11.7 Å². The van der Waals surface area contributed by atoms with Gasteiger partial charge in [0.15, 0.2) is 0 Å². The van der Waals surface area contributed by atoms with Crippen LogP contribution in [0.3, 0.4) is 0 Å². The second-order valence-corrected chi connectivity index (χ2v) is 6.94. The molecule has 0 aromatic heterocycles. The van der Waals surface area contributed by atoms with Gasteiger partial charge in [-0.3, -0.25) is 9.59 Å². The first-order valence-electron chi connectivity index (χ1n) is 8.93. The molecule has 2 amide bonds. The molecule has 2 aliphatic heterocycles. The standard InChI is InChI=1S/C18H22F3N3O3/c19-18(20,21)27-14-5-6-15-12(9-14)3-1-7-23(15)11-16(25)24-8-2-4-13(10-24)17(22)26/h5-6,9,13H,1-4,7-8,10-11H2,(H2,22,26)/t13-/m1/s1. The number of anilines is 1. The van der Waals surface area contributed by atoms with Gasteiger partial charge in [-0.05, 0) is 49.4 Å². The van der Waals surface area contributed by atoms with E-state index in [1.165, 1.54) is 12.1 Å². The third kappa shape index (κ3) is 4.84. The van der Waals surface area contributed by atoms with Gasteiger partial charge in [0, 0.05) is 25.3 Å². The Balaban J connectivity index is 1.68. The third-order valence-electron chi connectivity index (χ3n) is 5.00. The molecule has 0 aliphatic carbocycles. The zero-order valence-corrected chi connectivity index (χ0v) is 14.8. The highest BCUT2D eigenvalue weighted by Gasteiger charge is 2.32. The van der Waals surface area contributed by atoms with Crippen LogP contribution in [0.4, 0.5) is 18.9 Å². The summed E-state index contributed by atoms with van der Waals surface area (Å²) in [7, 11) is 0. The van der Waals surface area contributed by atoms with Crippen LogP contribution in [0, 0.1) is 5.92 Å². The predicted octanol–water partition coefficient (Wildman–Crippen LogP) is 2.06. The predicted molar refractivity (Wildman–Crippen MR) is 92.2 cm³/mol. The van der Waals surface area contributed by atoms with Crippen molar-refractivity contribution in [3.63, 3.8) is 0 Å². The van der Waals surface area contributed by atoms with Crippen LogP contribution in [0.15, 0.2) is 18.2 Å². The third-order valence-corrected chi connectivity index (χ3v) is 5.00. The number of primary amides is 1. The fraction of sp³-hybridized carbons (Fsp3) is 0.556. The molecule has 3 rings (SSSR count). The van der Waals surface area contributed by atoms with Gasteiger partial charge in [0.05, 0.1) is 12.5 Å². The number of piperidine rings is 1. The molecular weight excluding hydrogens is 363 g/mol. The largest absolute Gasteiger partial charge is 0.573 e. The number of hydrogen-bond donors (Lipinski definition) is 1. The van der Waals surface area contributed by atoms with Crippen molar-refractivity contribution < 1.29 is 27.5 Å². The van der Waals surface area contributed by atoms with E-state index in [0.29, 0.717) is 32.5 Å². The van der Waals surface area contributed by atoms with E-state index in [0.717, 1.165) is 24.1 Å². The Morgan fingerprint density at radius 3 is 2.70 bits per heavy atom. The molecular formula is C18H22F3N3O3. The normalized spacial score (nSPS) is 20.2. The molecule has 0 bridgehead atoms. The number of nitrogens with zero attached hydrogens (tertiary/aromatic N) is 2. The maximum Gasteiger partial charge on any atom is 0.573 e. The highest BCUT2D eigenvalue weighted by atomic mass is 19.4. The number of likely N-dealkylation sites (tertiary alicyclic amines) is 1. The molecule has 2 aliphatic rings. The van der Waals surface area contributed by atoms with Crippen LogP contribution >= 0.6 is 0 Å². The molecule has 1 aromatic carbocycles. The highest BCUT2D eigenvalue weighted by molar-refractivity contribution is 5.83. The van der Waals surface area contributed by atoms with Gasteiger partial charge in [-0.1, -0.05) is 0 Å². The molecule has 1 aromatic rings. The van der Waals surface area contributed by atoms with Crippen molar-refractivity contribution in [1.82, 2.24) is 4.90 Å². The number of nitrogens with two attached hydrogens (primary N) is 1. The summed E-state index contributed by atoms with van der Waals surface area (Å²) in [4.78, 5) is 27.6. The van der Waals surface area contributed by atoms with Crippen LogP contribution in [0.25, 0.3) is 0 Å². The summed E-state index contributed by atoms with van der Waals surface area (Å²) < 4.78 is 41.2. The Bertz CT molecular complexity index is 724. The first kappa shape index (κ1) is 19.3. The van der Waals surface area contributed by atoms with Crippen molar-refractivity contribution in [2.75, 3.05) is 31.1 Å². The van der Waals surface area contributed by atoms with Crippen LogP contribution < -0.4 is 15.4 Å². The average Bonchev–Trinajstić information content (AvgIpc) is 2.60. The van der Waals surface area contributed by atoms with E-state index in [4.69, 9.17) is 5.73 Å². The minimum absolute atomic E-state index is 0.107. The lowest BCUT2D eigenvalue weighted by molar-refractivity contribution is -0.274. The van der Waals surface area contributed by atoms with Gasteiger partial charge in [0.25, 0.3) is 0 Å². The van der Waals surface area contributed by atoms with E-state index in [1.54, 1.807) is 11.0 Å². The number of benzene rings is 1. The first-order chi connectivity index (χ1) is 12.7. The van der Waals surface area contributed by atoms with Gasteiger partial charge in [-0.25, -0.2) is 0 Å². The number of halogens is 3. The lowest BCUT2D eigenvalue weighted by atomic mass is 9.97. The van der Waals surface area contributed by atoms with E-state index in [-0.39, 0.29) is 24.1 Å². The average molecular weight is 385 g/mol. The maximum absolute atomic E-state index is 12.7. The minimum atomic E-state index is -4.73. The van der Waals surface area contributed by atoms with Crippen LogP contribution in [-0.2, 0) is 16.0 Å². The molecule has 1 fully saturated rings. The minimum Gasteiger partial charge on any atom is -0.406 e. The SMILES string of the molecule is NC(=O)[C@@H]1CCCN(C(=O)CN2CCCc3cc(OC(F)(F)F)ccc32)C1. The van der Waals surface area contributed by atoms with E-state index < -0.39 is 12.3 Å². The Labute approximate surface area is 155 Å². The molecule has 2 N–H and O–H groups in total. The lowest BCUT2D eigenvalue weighted by Crippen LogP contribution is -2.48. The summed E-state index contributed by atoms with van der Waals surface area (Å²) in [5.74, 6) is -1.08. The maximum atomic E-state index is 12.7. The van der Waals surface area contributed by atoms with E-state index in [2.05, 4.69) is 4.74 Å². The summed E-state index contributed by atoms with van der Waals surface area (Å²) in [5.41, 5.74) is 6.83. The Kier molecular flexibility index (Phi) is 5.48. The number of hydrogen-bond acceptors (Lipinski definition) is 4. The molecule has 1 saturated heterocycles. The molecule has 2 heterocycles. The smallest absolute Gasteiger partial charge is 0.406 e. The van der Waals surface area contributed by atoms with Gasteiger partial charge in [0.2, 0.25) is 11.8 Å². The van der Waals surface area contributed by atoms with Gasteiger partial charge in [-0.2, -0.15) is 0 Å². The van der Waals surface area contributed by atoms with E-state index in [9.17, 15) is 22.8 Å². The van der Waals surface area contributed by atoms with Crippen molar-refractivity contribution in [3.05, 3.63) is 23.8 Å². The molecule has 1 atom stereocenters. The molecule has 0 radical (unpaired) electrons. The molecule has 0 saturated carbocycles. The number of rotatable bonds is 4. The van der Waals surface area contributed by atoms with Crippen LogP contribution in [0.5, 0.6) is 5.75 Å². The number of amides is 2. The number of alkyl halides is 3. The number of aryl methyl sites for hydroxylation is 1. The summed E-state index contributed by atoms with van der Waals surface area (Å²) in [5, 5.41) is 0. The number of carbonyl (C=O) groups excluding carboxylic acids is 2. The van der Waals surface area contributed by atoms with Crippen LogP contribution in [-0.4, -0.2) is 49.3 Å². The fourth-order valence-corrected chi connectivity index (χ4v) is 3.71. The zero-order valence-electron chi connectivity index (χ0n) is 14.8. The van der Waals surface area contributed by atoms with Crippen molar-refractivity contribution in [3.8, 4) is 5.75 Å². The summed E-state index contributed by atoms with van der Waals surface area (Å²) in [6.07, 6.45) is -1.95. The zero-order chi connectivity index (χ0) is 19.6. The summed E-state index contributed by atoms with van der Waals surface area (Å²) in [6.45, 7) is 1.68. The number of carbonyl (C=O) groups is 2. The van der Waals surface area contributed by atoms with Crippen molar-refractivity contribution >= 4 is 17.5 Å². The lowest BCUT2D eigenvalue weighted by Gasteiger charge is -2.35. The van der Waals surface area contributed by atoms with Gasteiger partial charge in [-0.15, -0.1) is 13.2 Å². The molecule has 9 heteroatoms. The Hall–Kier alpha value is -2.45. The summed E-state index contributed by atoms with van der Waals surface area (Å²) >= 11 is 0. The van der Waals surface area contributed by atoms with Gasteiger partial charge >= 0.3 is 6.36 Å². The van der Waals surface area contributed by atoms with Crippen LogP contribution in [0.1, 0.15) is 24.8 Å². The second-order valence-electron chi connectivity index (χ2n) is 6.94. The van der Waals surface area contributed by atoms with Gasteiger partial charge < -0.3 is 20.3 Å². The molecule has 0 spiro atoms.